The van der Waals surface area contributed by atoms with Crippen molar-refractivity contribution in [1.82, 2.24) is 5.32 Å². The van der Waals surface area contributed by atoms with E-state index in [9.17, 15) is 9.59 Å². The fourth-order valence-electron chi connectivity index (χ4n) is 3.23. The normalized spacial score (nSPS) is 28.9. The Bertz CT molecular complexity index is 656. The summed E-state index contributed by atoms with van der Waals surface area (Å²) >= 11 is 1.35. The van der Waals surface area contributed by atoms with Gasteiger partial charge in [-0.25, -0.2) is 0 Å². The molecule has 1 aliphatic carbocycles. The summed E-state index contributed by atoms with van der Waals surface area (Å²) in [5.41, 5.74) is 0.801. The van der Waals surface area contributed by atoms with Gasteiger partial charge in [0.25, 0.3) is 5.91 Å². The van der Waals surface area contributed by atoms with E-state index in [-0.39, 0.29) is 17.9 Å². The molecule has 0 spiro atoms. The smallest absolute Gasteiger partial charge is 0.262 e. The molecule has 2 N–H and O–H groups in total. The number of carbonyl (C=O) groups excluding carboxylic acids is 2. The third-order valence-electron chi connectivity index (χ3n) is 4.88. The molecule has 0 radical (unpaired) electrons. The zero-order chi connectivity index (χ0) is 16.4. The zero-order valence-electron chi connectivity index (χ0n) is 13.5. The van der Waals surface area contributed by atoms with Crippen LogP contribution in [-0.4, -0.2) is 17.9 Å². The van der Waals surface area contributed by atoms with Gasteiger partial charge in [0.1, 0.15) is 0 Å². The summed E-state index contributed by atoms with van der Waals surface area (Å²) in [5, 5.41) is 5.91. The molecule has 3 rings (SSSR count). The predicted octanol–water partition coefficient (Wildman–Crippen LogP) is 3.56. The minimum atomic E-state index is -0.214. The maximum atomic E-state index is 12.3. The van der Waals surface area contributed by atoms with Crippen molar-refractivity contribution in [3.8, 4) is 0 Å². The average molecular weight is 330 g/mol. The van der Waals surface area contributed by atoms with Crippen molar-refractivity contribution in [3.05, 3.63) is 35.2 Å². The molecule has 122 valence electrons. The predicted molar refractivity (Wildman–Crippen MR) is 93.1 cm³/mol. The Kier molecular flexibility index (Phi) is 4.76. The summed E-state index contributed by atoms with van der Waals surface area (Å²) in [7, 11) is 0. The third kappa shape index (κ3) is 3.61. The van der Waals surface area contributed by atoms with Gasteiger partial charge in [0.2, 0.25) is 5.91 Å². The average Bonchev–Trinajstić information content (AvgIpc) is 2.52. The van der Waals surface area contributed by atoms with Crippen LogP contribution in [0.3, 0.4) is 0 Å². The lowest BCUT2D eigenvalue weighted by Gasteiger charge is -2.34. The van der Waals surface area contributed by atoms with E-state index in [0.717, 1.165) is 23.4 Å². The van der Waals surface area contributed by atoms with Crippen LogP contribution >= 0.6 is 11.8 Å². The number of fused-ring (bicyclic) bond motifs is 1. The first-order valence-corrected chi connectivity index (χ1v) is 8.96. The molecule has 1 aromatic rings. The van der Waals surface area contributed by atoms with Crippen LogP contribution in [0.2, 0.25) is 0 Å². The van der Waals surface area contributed by atoms with Crippen LogP contribution in [0.25, 0.3) is 0 Å². The molecule has 1 heterocycles. The second-order valence-corrected chi connectivity index (χ2v) is 7.53. The Labute approximate surface area is 141 Å². The number of thioether (sulfide) groups is 1. The quantitative estimate of drug-likeness (QED) is 0.815. The summed E-state index contributed by atoms with van der Waals surface area (Å²) in [6.45, 7) is 4.43. The van der Waals surface area contributed by atoms with Crippen LogP contribution in [0.1, 0.15) is 33.1 Å². The molecule has 0 saturated heterocycles. The summed E-state index contributed by atoms with van der Waals surface area (Å²) in [4.78, 5) is 25.8. The van der Waals surface area contributed by atoms with Crippen molar-refractivity contribution in [1.29, 1.82) is 0 Å². The van der Waals surface area contributed by atoms with Gasteiger partial charge < -0.3 is 10.6 Å². The SMILES string of the molecule is C[C@H]1[C@H](C)CCC[C@H]1NC(=O)/C=C1\Sc2ccccc2NC1=O. The first kappa shape index (κ1) is 16.1. The maximum absolute atomic E-state index is 12.3. The molecule has 0 unspecified atom stereocenters. The molecule has 3 atom stereocenters. The van der Waals surface area contributed by atoms with Crippen LogP contribution in [-0.2, 0) is 9.59 Å². The van der Waals surface area contributed by atoms with E-state index in [1.165, 1.54) is 24.3 Å². The summed E-state index contributed by atoms with van der Waals surface area (Å²) in [6.07, 6.45) is 4.82. The molecular weight excluding hydrogens is 308 g/mol. The molecule has 4 nitrogen and oxygen atoms in total. The Morgan fingerprint density at radius 2 is 2.09 bits per heavy atom. The number of para-hydroxylation sites is 1. The standard InChI is InChI=1S/C18H22N2O2S/c1-11-6-5-8-13(12(11)2)19-17(21)10-16-18(22)20-14-7-3-4-9-15(14)23-16/h3-4,7,9-13H,5-6,8H2,1-2H3,(H,19,21)(H,20,22)/b16-10-/t11-,12+,13-/m1/s1. The maximum Gasteiger partial charge on any atom is 0.262 e. The number of carbonyl (C=O) groups is 2. The lowest BCUT2D eigenvalue weighted by molar-refractivity contribution is -0.118. The van der Waals surface area contributed by atoms with Crippen LogP contribution < -0.4 is 10.6 Å². The van der Waals surface area contributed by atoms with Gasteiger partial charge in [-0.2, -0.15) is 0 Å². The van der Waals surface area contributed by atoms with Crippen LogP contribution in [0.5, 0.6) is 0 Å². The van der Waals surface area contributed by atoms with Gasteiger partial charge in [-0.05, 0) is 30.4 Å². The highest BCUT2D eigenvalue weighted by Gasteiger charge is 2.28. The monoisotopic (exact) mass is 330 g/mol. The Hall–Kier alpha value is -1.75. The highest BCUT2D eigenvalue weighted by atomic mass is 32.2. The van der Waals surface area contributed by atoms with Crippen molar-refractivity contribution in [2.45, 2.75) is 44.0 Å². The molecule has 23 heavy (non-hydrogen) atoms. The minimum absolute atomic E-state index is 0.173. The van der Waals surface area contributed by atoms with Gasteiger partial charge in [-0.1, -0.05) is 50.6 Å². The number of rotatable bonds is 2. The van der Waals surface area contributed by atoms with E-state index in [4.69, 9.17) is 0 Å². The number of hydrogen-bond acceptors (Lipinski definition) is 3. The second kappa shape index (κ2) is 6.79. The van der Waals surface area contributed by atoms with Gasteiger partial charge in [-0.15, -0.1) is 0 Å². The van der Waals surface area contributed by atoms with Gasteiger partial charge in [0, 0.05) is 17.0 Å². The van der Waals surface area contributed by atoms with E-state index in [1.807, 2.05) is 24.3 Å². The molecular formula is C18H22N2O2S. The van der Waals surface area contributed by atoms with Crippen molar-refractivity contribution in [3.63, 3.8) is 0 Å². The van der Waals surface area contributed by atoms with E-state index >= 15 is 0 Å². The number of anilines is 1. The molecule has 0 aromatic heterocycles. The summed E-state index contributed by atoms with van der Waals surface area (Å²) in [5.74, 6) is 0.711. The molecule has 1 aliphatic heterocycles. The molecule has 1 fully saturated rings. The van der Waals surface area contributed by atoms with Crippen molar-refractivity contribution in [2.24, 2.45) is 11.8 Å². The van der Waals surface area contributed by atoms with Crippen molar-refractivity contribution >= 4 is 29.3 Å². The molecule has 1 saturated carbocycles. The first-order valence-electron chi connectivity index (χ1n) is 8.15. The van der Waals surface area contributed by atoms with Crippen LogP contribution in [0, 0.1) is 11.8 Å². The van der Waals surface area contributed by atoms with Gasteiger partial charge >= 0.3 is 0 Å². The number of amides is 2. The minimum Gasteiger partial charge on any atom is -0.350 e. The van der Waals surface area contributed by atoms with Crippen LogP contribution in [0.4, 0.5) is 5.69 Å². The Morgan fingerprint density at radius 3 is 2.91 bits per heavy atom. The molecule has 0 bridgehead atoms. The van der Waals surface area contributed by atoms with E-state index in [1.54, 1.807) is 0 Å². The third-order valence-corrected chi connectivity index (χ3v) is 5.97. The summed E-state index contributed by atoms with van der Waals surface area (Å²) in [6, 6.07) is 7.81. The van der Waals surface area contributed by atoms with Gasteiger partial charge in [-0.3, -0.25) is 9.59 Å². The highest BCUT2D eigenvalue weighted by Crippen LogP contribution is 2.37. The van der Waals surface area contributed by atoms with Gasteiger partial charge in [0.15, 0.2) is 0 Å². The van der Waals surface area contributed by atoms with Crippen molar-refractivity contribution in [2.75, 3.05) is 5.32 Å². The number of nitrogens with one attached hydrogen (secondary N) is 2. The molecule has 2 aliphatic rings. The number of benzene rings is 1. The Morgan fingerprint density at radius 1 is 1.30 bits per heavy atom. The van der Waals surface area contributed by atoms with Crippen molar-refractivity contribution < 1.29 is 9.59 Å². The zero-order valence-corrected chi connectivity index (χ0v) is 14.3. The Balaban J connectivity index is 1.69. The largest absolute Gasteiger partial charge is 0.350 e. The highest BCUT2D eigenvalue weighted by molar-refractivity contribution is 8.04. The topological polar surface area (TPSA) is 58.2 Å². The van der Waals surface area contributed by atoms with Gasteiger partial charge in [0.05, 0.1) is 10.6 Å². The lowest BCUT2D eigenvalue weighted by Crippen LogP contribution is -2.43. The number of hydrogen-bond donors (Lipinski definition) is 2. The second-order valence-electron chi connectivity index (χ2n) is 6.44. The lowest BCUT2D eigenvalue weighted by atomic mass is 9.78. The first-order chi connectivity index (χ1) is 11.0. The van der Waals surface area contributed by atoms with E-state index in [2.05, 4.69) is 24.5 Å². The molecule has 1 aromatic carbocycles. The fourth-order valence-corrected chi connectivity index (χ4v) is 4.15. The summed E-state index contributed by atoms with van der Waals surface area (Å²) < 4.78 is 0. The fraction of sp³-hybridized carbons (Fsp3) is 0.444. The molecule has 2 amide bonds. The molecule has 5 heteroatoms. The van der Waals surface area contributed by atoms with E-state index in [0.29, 0.717) is 16.7 Å². The van der Waals surface area contributed by atoms with E-state index < -0.39 is 0 Å². The van der Waals surface area contributed by atoms with Crippen LogP contribution in [0.15, 0.2) is 40.1 Å².